The van der Waals surface area contributed by atoms with Crippen LogP contribution < -0.4 is 5.32 Å². The first kappa shape index (κ1) is 11.5. The molecule has 2 unspecified atom stereocenters. The summed E-state index contributed by atoms with van der Waals surface area (Å²) < 4.78 is 3.64. The quantitative estimate of drug-likeness (QED) is 0.812. The molecule has 1 aromatic heterocycles. The molecule has 0 saturated heterocycles. The van der Waals surface area contributed by atoms with E-state index in [0.717, 1.165) is 30.8 Å². The highest BCUT2D eigenvalue weighted by molar-refractivity contribution is 7.07. The molecule has 1 aromatic rings. The van der Waals surface area contributed by atoms with Crippen LogP contribution in [0.4, 0.5) is 0 Å². The first-order valence-corrected chi connectivity index (χ1v) is 6.25. The zero-order chi connectivity index (χ0) is 11.4. The number of aliphatic hydroxyl groups is 1. The second kappa shape index (κ2) is 5.36. The predicted molar refractivity (Wildman–Crippen MR) is 60.2 cm³/mol. The molecule has 5 nitrogen and oxygen atoms in total. The summed E-state index contributed by atoms with van der Waals surface area (Å²) in [7, 11) is 0. The summed E-state index contributed by atoms with van der Waals surface area (Å²) in [6.07, 6.45) is 4.78. The van der Waals surface area contributed by atoms with Crippen LogP contribution in [-0.2, 0) is 0 Å². The van der Waals surface area contributed by atoms with E-state index in [0.29, 0.717) is 23.3 Å². The van der Waals surface area contributed by atoms with Crippen LogP contribution in [0.5, 0.6) is 0 Å². The van der Waals surface area contributed by atoms with Crippen molar-refractivity contribution in [3.05, 3.63) is 11.1 Å². The van der Waals surface area contributed by atoms with Gasteiger partial charge in [0.25, 0.3) is 5.91 Å². The number of rotatable bonds is 4. The van der Waals surface area contributed by atoms with Crippen LogP contribution in [-0.4, -0.2) is 33.8 Å². The Bertz CT molecular complexity index is 342. The van der Waals surface area contributed by atoms with Gasteiger partial charge in [-0.1, -0.05) is 10.9 Å². The van der Waals surface area contributed by atoms with Crippen molar-refractivity contribution in [3.63, 3.8) is 0 Å². The molecule has 0 radical (unpaired) electrons. The Balaban J connectivity index is 1.81. The number of amides is 1. The monoisotopic (exact) mass is 241 g/mol. The molecule has 2 rings (SSSR count). The highest BCUT2D eigenvalue weighted by Gasteiger charge is 2.26. The zero-order valence-electron chi connectivity index (χ0n) is 8.93. The number of aliphatic hydroxyl groups excluding tert-OH is 1. The molecule has 6 heteroatoms. The molecule has 1 saturated carbocycles. The number of carbonyl (C=O) groups excluding carboxylic acids is 1. The number of hydrogen-bond acceptors (Lipinski definition) is 5. The molecule has 0 aromatic carbocycles. The van der Waals surface area contributed by atoms with E-state index in [9.17, 15) is 4.79 Å². The highest BCUT2D eigenvalue weighted by Crippen LogP contribution is 2.30. The summed E-state index contributed by atoms with van der Waals surface area (Å²) >= 11 is 1.10. The third kappa shape index (κ3) is 2.56. The lowest BCUT2D eigenvalue weighted by Gasteiger charge is -2.17. The Kier molecular flexibility index (Phi) is 3.84. The summed E-state index contributed by atoms with van der Waals surface area (Å²) in [4.78, 5) is 12.2. The lowest BCUT2D eigenvalue weighted by atomic mass is 9.97. The molecule has 88 valence electrons. The van der Waals surface area contributed by atoms with Crippen LogP contribution in [0.25, 0.3) is 0 Å². The fourth-order valence-corrected chi connectivity index (χ4v) is 2.63. The average Bonchev–Trinajstić information content (AvgIpc) is 2.96. The minimum atomic E-state index is -0.112. The minimum Gasteiger partial charge on any atom is -0.396 e. The largest absolute Gasteiger partial charge is 0.396 e. The Morgan fingerprint density at radius 2 is 2.38 bits per heavy atom. The second-order valence-corrected chi connectivity index (χ2v) is 4.91. The van der Waals surface area contributed by atoms with Crippen LogP contribution in [0, 0.1) is 11.8 Å². The number of aromatic nitrogens is 2. The molecule has 2 atom stereocenters. The van der Waals surface area contributed by atoms with Gasteiger partial charge >= 0.3 is 0 Å². The van der Waals surface area contributed by atoms with E-state index < -0.39 is 0 Å². The van der Waals surface area contributed by atoms with E-state index in [2.05, 4.69) is 14.9 Å². The third-order valence-electron chi connectivity index (χ3n) is 3.16. The van der Waals surface area contributed by atoms with E-state index in [4.69, 9.17) is 5.11 Å². The van der Waals surface area contributed by atoms with Gasteiger partial charge in [-0.2, -0.15) is 0 Å². The molecule has 1 aliphatic rings. The molecular weight excluding hydrogens is 226 g/mol. The Hall–Kier alpha value is -1.01. The van der Waals surface area contributed by atoms with E-state index in [1.165, 1.54) is 6.20 Å². The fourth-order valence-electron chi connectivity index (χ4n) is 2.20. The Morgan fingerprint density at radius 1 is 1.56 bits per heavy atom. The maximum atomic E-state index is 11.6. The Labute approximate surface area is 98.0 Å². The number of hydrogen-bond donors (Lipinski definition) is 2. The highest BCUT2D eigenvalue weighted by atomic mass is 32.1. The number of nitrogens with zero attached hydrogens (tertiary/aromatic N) is 2. The molecule has 1 amide bonds. The first-order chi connectivity index (χ1) is 7.81. The average molecular weight is 241 g/mol. The zero-order valence-corrected chi connectivity index (χ0v) is 9.74. The van der Waals surface area contributed by atoms with Gasteiger partial charge in [0.2, 0.25) is 0 Å². The van der Waals surface area contributed by atoms with Gasteiger partial charge < -0.3 is 10.4 Å². The normalized spacial score (nSPS) is 24.6. The predicted octanol–water partition coefficient (Wildman–Crippen LogP) is 0.676. The molecule has 0 aliphatic heterocycles. The van der Waals surface area contributed by atoms with Crippen molar-refractivity contribution in [1.82, 2.24) is 14.9 Å². The van der Waals surface area contributed by atoms with Gasteiger partial charge in [-0.3, -0.25) is 4.79 Å². The van der Waals surface area contributed by atoms with Crippen molar-refractivity contribution in [1.29, 1.82) is 0 Å². The summed E-state index contributed by atoms with van der Waals surface area (Å²) in [5.74, 6) is 0.647. The Morgan fingerprint density at radius 3 is 3.06 bits per heavy atom. The summed E-state index contributed by atoms with van der Waals surface area (Å²) in [5.41, 5.74) is 0. The molecule has 16 heavy (non-hydrogen) atoms. The molecular formula is C10H15N3O2S. The van der Waals surface area contributed by atoms with Crippen molar-refractivity contribution in [3.8, 4) is 0 Å². The van der Waals surface area contributed by atoms with Gasteiger partial charge in [-0.25, -0.2) is 0 Å². The van der Waals surface area contributed by atoms with Gasteiger partial charge in [-0.05, 0) is 36.2 Å². The molecule has 0 spiro atoms. The smallest absolute Gasteiger partial charge is 0.264 e. The summed E-state index contributed by atoms with van der Waals surface area (Å²) in [6, 6.07) is 0. The second-order valence-electron chi connectivity index (χ2n) is 4.13. The lowest BCUT2D eigenvalue weighted by molar-refractivity contribution is 0.0941. The minimum absolute atomic E-state index is 0.112. The van der Waals surface area contributed by atoms with Gasteiger partial charge in [0.15, 0.2) is 0 Å². The van der Waals surface area contributed by atoms with Crippen LogP contribution in [0.1, 0.15) is 28.9 Å². The fraction of sp³-hybridized carbons (Fsp3) is 0.700. The van der Waals surface area contributed by atoms with Crippen molar-refractivity contribution >= 4 is 17.4 Å². The van der Waals surface area contributed by atoms with Crippen molar-refractivity contribution in [2.75, 3.05) is 13.2 Å². The summed E-state index contributed by atoms with van der Waals surface area (Å²) in [5, 5.41) is 15.6. The molecule has 1 heterocycles. The third-order valence-corrected chi connectivity index (χ3v) is 3.82. The van der Waals surface area contributed by atoms with Crippen molar-refractivity contribution in [2.45, 2.75) is 19.3 Å². The lowest BCUT2D eigenvalue weighted by Crippen LogP contribution is -2.31. The topological polar surface area (TPSA) is 75.1 Å². The molecule has 1 fully saturated rings. The van der Waals surface area contributed by atoms with E-state index in [1.807, 2.05) is 0 Å². The molecule has 0 bridgehead atoms. The number of nitrogens with one attached hydrogen (secondary N) is 1. The van der Waals surface area contributed by atoms with Crippen LogP contribution in [0.15, 0.2) is 6.20 Å². The van der Waals surface area contributed by atoms with Gasteiger partial charge in [0.05, 0.1) is 6.20 Å². The van der Waals surface area contributed by atoms with Gasteiger partial charge in [-0.15, -0.1) is 5.10 Å². The van der Waals surface area contributed by atoms with Gasteiger partial charge in [0.1, 0.15) is 4.88 Å². The van der Waals surface area contributed by atoms with Crippen LogP contribution in [0.2, 0.25) is 0 Å². The molecule has 1 aliphatic carbocycles. The number of carbonyl (C=O) groups is 1. The van der Waals surface area contributed by atoms with Crippen molar-refractivity contribution in [2.24, 2.45) is 11.8 Å². The summed E-state index contributed by atoms with van der Waals surface area (Å²) in [6.45, 7) is 0.866. The molecule has 2 N–H and O–H groups in total. The van der Waals surface area contributed by atoms with E-state index >= 15 is 0 Å². The maximum Gasteiger partial charge on any atom is 0.264 e. The maximum absolute atomic E-state index is 11.6. The standard InChI is InChI=1S/C10H15N3O2S/c14-6-8-3-1-2-7(8)4-11-10(15)9-5-12-13-16-9/h5,7-8,14H,1-4,6H2,(H,11,15). The van der Waals surface area contributed by atoms with Gasteiger partial charge in [0, 0.05) is 13.2 Å². The first-order valence-electron chi connectivity index (χ1n) is 5.47. The van der Waals surface area contributed by atoms with Crippen molar-refractivity contribution < 1.29 is 9.90 Å². The van der Waals surface area contributed by atoms with E-state index in [1.54, 1.807) is 0 Å². The van der Waals surface area contributed by atoms with E-state index in [-0.39, 0.29) is 12.5 Å². The van der Waals surface area contributed by atoms with Crippen LogP contribution >= 0.6 is 11.5 Å². The van der Waals surface area contributed by atoms with Crippen LogP contribution in [0.3, 0.4) is 0 Å². The SMILES string of the molecule is O=C(NCC1CCCC1CO)c1cnns1.